The Balaban J connectivity index is 1.09. The molecule has 0 spiro atoms. The highest BCUT2D eigenvalue weighted by molar-refractivity contribution is 6.10. The molecule has 0 saturated carbocycles. The normalized spacial score (nSPS) is 13.4. The van der Waals surface area contributed by atoms with Gasteiger partial charge in [0.2, 0.25) is 0 Å². The minimum atomic E-state index is 0.0292. The van der Waals surface area contributed by atoms with Gasteiger partial charge >= 0.3 is 0 Å². The van der Waals surface area contributed by atoms with Crippen LogP contribution in [-0.4, -0.2) is 11.2 Å². The van der Waals surface area contributed by atoms with E-state index in [0.29, 0.717) is 6.67 Å². The first-order chi connectivity index (χ1) is 28.1. The quantitative estimate of drug-likeness (QED) is 0.168. The van der Waals surface area contributed by atoms with Gasteiger partial charge in [0, 0.05) is 39.8 Å². The molecule has 59 heavy (non-hydrogen) atoms. The van der Waals surface area contributed by atoms with Crippen LogP contribution in [0.5, 0.6) is 11.5 Å². The molecular formula is C55H55N3O. The Morgan fingerprint density at radius 1 is 0.407 bits per heavy atom. The highest BCUT2D eigenvalue weighted by atomic mass is 16.5. The molecule has 0 atom stereocenters. The SMILES string of the molecule is CC(C)(C)c1cccc(-n2c3ccc(C(C)(C)C)cc3c3ccc(Oc4cccc(N5CN(c6ccc(C(C)(C)C)cc6-c6ccccc6)c6ccccc65)c4)cc32)c1. The molecule has 0 N–H and O–H groups in total. The van der Waals surface area contributed by atoms with E-state index in [2.05, 4.69) is 234 Å². The van der Waals surface area contributed by atoms with E-state index in [1.165, 1.54) is 61.2 Å². The highest BCUT2D eigenvalue weighted by Gasteiger charge is 2.30. The van der Waals surface area contributed by atoms with Crippen molar-refractivity contribution in [2.45, 2.75) is 78.6 Å². The van der Waals surface area contributed by atoms with Gasteiger partial charge in [-0.05, 0) is 111 Å². The zero-order valence-corrected chi connectivity index (χ0v) is 36.0. The number of ether oxygens (including phenoxy) is 1. The number of aromatic nitrogens is 1. The lowest BCUT2D eigenvalue weighted by atomic mass is 9.85. The Kier molecular flexibility index (Phi) is 9.23. The largest absolute Gasteiger partial charge is 0.457 e. The molecule has 1 aliphatic heterocycles. The Morgan fingerprint density at radius 3 is 1.75 bits per heavy atom. The fourth-order valence-corrected chi connectivity index (χ4v) is 8.50. The summed E-state index contributed by atoms with van der Waals surface area (Å²) >= 11 is 0. The maximum atomic E-state index is 6.80. The van der Waals surface area contributed by atoms with Gasteiger partial charge in [0.25, 0.3) is 0 Å². The van der Waals surface area contributed by atoms with Crippen LogP contribution in [-0.2, 0) is 16.2 Å². The van der Waals surface area contributed by atoms with Crippen LogP contribution in [0.1, 0.15) is 79.0 Å². The lowest BCUT2D eigenvalue weighted by molar-refractivity contribution is 0.483. The number of nitrogens with zero attached hydrogens (tertiary/aromatic N) is 3. The summed E-state index contributed by atoms with van der Waals surface area (Å²) < 4.78 is 9.20. The minimum absolute atomic E-state index is 0.0292. The molecule has 8 aromatic rings. The molecule has 0 unspecified atom stereocenters. The predicted octanol–water partition coefficient (Wildman–Crippen LogP) is 15.4. The maximum Gasteiger partial charge on any atom is 0.129 e. The molecule has 9 rings (SSSR count). The van der Waals surface area contributed by atoms with E-state index in [-0.39, 0.29) is 16.2 Å². The second-order valence-electron chi connectivity index (χ2n) is 19.2. The van der Waals surface area contributed by atoms with E-state index >= 15 is 0 Å². The van der Waals surface area contributed by atoms with Gasteiger partial charge in [-0.3, -0.25) is 0 Å². The monoisotopic (exact) mass is 773 g/mol. The molecular weight excluding hydrogens is 719 g/mol. The van der Waals surface area contributed by atoms with Gasteiger partial charge in [0.1, 0.15) is 18.2 Å². The molecule has 1 aromatic heterocycles. The van der Waals surface area contributed by atoms with Crippen molar-refractivity contribution in [1.29, 1.82) is 0 Å². The topological polar surface area (TPSA) is 20.6 Å². The summed E-state index contributed by atoms with van der Waals surface area (Å²) in [5, 5.41) is 2.47. The van der Waals surface area contributed by atoms with E-state index in [9.17, 15) is 0 Å². The van der Waals surface area contributed by atoms with Crippen molar-refractivity contribution in [1.82, 2.24) is 4.57 Å². The third kappa shape index (κ3) is 7.16. The van der Waals surface area contributed by atoms with Crippen molar-refractivity contribution in [3.8, 4) is 28.3 Å². The second-order valence-corrected chi connectivity index (χ2v) is 19.2. The minimum Gasteiger partial charge on any atom is -0.457 e. The molecule has 0 radical (unpaired) electrons. The van der Waals surface area contributed by atoms with Gasteiger partial charge in [0.05, 0.1) is 28.1 Å². The number of fused-ring (bicyclic) bond motifs is 4. The smallest absolute Gasteiger partial charge is 0.129 e. The van der Waals surface area contributed by atoms with Crippen LogP contribution in [0.15, 0.2) is 158 Å². The van der Waals surface area contributed by atoms with Gasteiger partial charge in [-0.1, -0.05) is 135 Å². The summed E-state index contributed by atoms with van der Waals surface area (Å²) in [6, 6.07) is 57.5. The zero-order valence-electron chi connectivity index (χ0n) is 36.0. The van der Waals surface area contributed by atoms with Crippen molar-refractivity contribution in [3.05, 3.63) is 174 Å². The molecule has 7 aromatic carbocycles. The Morgan fingerprint density at radius 2 is 1.02 bits per heavy atom. The summed E-state index contributed by atoms with van der Waals surface area (Å²) in [5.74, 6) is 1.60. The lowest BCUT2D eigenvalue weighted by Crippen LogP contribution is -2.24. The van der Waals surface area contributed by atoms with Gasteiger partial charge in [0.15, 0.2) is 0 Å². The van der Waals surface area contributed by atoms with Gasteiger partial charge < -0.3 is 19.1 Å². The molecule has 0 aliphatic carbocycles. The standard InChI is InChI=1S/C55H55N3O/c1-53(2,3)38-19-15-21-42(31-38)58-49-30-26-40(55(7,8)9)33-47(49)45-28-27-44(35-52(45)58)59-43-22-16-20-41(34-43)56-36-57(51-24-14-13-23-50(51)56)48-29-25-39(54(4,5)6)32-46(48)37-17-11-10-12-18-37/h10-35H,36H2,1-9H3. The van der Waals surface area contributed by atoms with E-state index in [4.69, 9.17) is 4.74 Å². The maximum absolute atomic E-state index is 6.80. The van der Waals surface area contributed by atoms with Crippen LogP contribution in [0.4, 0.5) is 22.7 Å². The second kappa shape index (κ2) is 14.2. The summed E-state index contributed by atoms with van der Waals surface area (Å²) in [6.45, 7) is 21.2. The molecule has 2 heterocycles. The summed E-state index contributed by atoms with van der Waals surface area (Å²) in [6.07, 6.45) is 0. The number of rotatable bonds is 6. The number of hydrogen-bond acceptors (Lipinski definition) is 3. The Bertz CT molecular complexity index is 2840. The van der Waals surface area contributed by atoms with Crippen molar-refractivity contribution in [3.63, 3.8) is 0 Å². The van der Waals surface area contributed by atoms with Crippen LogP contribution in [0.3, 0.4) is 0 Å². The van der Waals surface area contributed by atoms with Crippen LogP contribution < -0.4 is 14.5 Å². The van der Waals surface area contributed by atoms with Crippen LogP contribution in [0.2, 0.25) is 0 Å². The Hall–Kier alpha value is -6.26. The van der Waals surface area contributed by atoms with E-state index in [1.807, 2.05) is 0 Å². The predicted molar refractivity (Wildman–Crippen MR) is 251 cm³/mol. The number of benzene rings is 7. The molecule has 1 aliphatic rings. The van der Waals surface area contributed by atoms with E-state index in [1.54, 1.807) is 0 Å². The van der Waals surface area contributed by atoms with Crippen molar-refractivity contribution in [2.75, 3.05) is 16.5 Å². The van der Waals surface area contributed by atoms with Gasteiger partial charge in [-0.2, -0.15) is 0 Å². The van der Waals surface area contributed by atoms with Crippen LogP contribution in [0, 0.1) is 0 Å². The molecule has 0 saturated heterocycles. The first kappa shape index (κ1) is 38.3. The Labute approximate surface area is 350 Å². The average molecular weight is 774 g/mol. The first-order valence-corrected chi connectivity index (χ1v) is 21.0. The fraction of sp³-hybridized carbons (Fsp3) is 0.236. The van der Waals surface area contributed by atoms with E-state index in [0.717, 1.165) is 28.4 Å². The number of anilines is 4. The van der Waals surface area contributed by atoms with Crippen LogP contribution in [0.25, 0.3) is 38.6 Å². The van der Waals surface area contributed by atoms with Crippen molar-refractivity contribution >= 4 is 44.6 Å². The average Bonchev–Trinajstić information content (AvgIpc) is 3.76. The summed E-state index contributed by atoms with van der Waals surface area (Å²) in [7, 11) is 0. The van der Waals surface area contributed by atoms with Gasteiger partial charge in [-0.25, -0.2) is 0 Å². The zero-order chi connectivity index (χ0) is 41.3. The van der Waals surface area contributed by atoms with E-state index < -0.39 is 0 Å². The van der Waals surface area contributed by atoms with Crippen molar-refractivity contribution < 1.29 is 4.74 Å². The first-order valence-electron chi connectivity index (χ1n) is 21.0. The van der Waals surface area contributed by atoms with Crippen LogP contribution >= 0.6 is 0 Å². The fourth-order valence-electron chi connectivity index (χ4n) is 8.50. The molecule has 4 nitrogen and oxygen atoms in total. The molecule has 0 fully saturated rings. The van der Waals surface area contributed by atoms with Gasteiger partial charge in [-0.15, -0.1) is 0 Å². The third-order valence-corrected chi connectivity index (χ3v) is 11.9. The molecule has 0 amide bonds. The third-order valence-electron chi connectivity index (χ3n) is 11.9. The lowest BCUT2D eigenvalue weighted by Gasteiger charge is -2.27. The number of hydrogen-bond donors (Lipinski definition) is 0. The highest BCUT2D eigenvalue weighted by Crippen LogP contribution is 2.48. The summed E-state index contributed by atoms with van der Waals surface area (Å²) in [4.78, 5) is 4.84. The molecule has 4 heteroatoms. The van der Waals surface area contributed by atoms with Crippen molar-refractivity contribution in [2.24, 2.45) is 0 Å². The molecule has 0 bridgehead atoms. The molecule has 296 valence electrons. The number of para-hydroxylation sites is 2. The summed E-state index contributed by atoms with van der Waals surface area (Å²) in [5.41, 5.74) is 14.6.